The van der Waals surface area contributed by atoms with Crippen molar-refractivity contribution in [2.75, 3.05) is 6.61 Å². The van der Waals surface area contributed by atoms with Gasteiger partial charge in [-0.2, -0.15) is 4.98 Å². The number of nitrogens with zero attached hydrogens (tertiary/aromatic N) is 2. The lowest BCUT2D eigenvalue weighted by atomic mass is 10.0. The molecule has 0 saturated carbocycles. The van der Waals surface area contributed by atoms with E-state index < -0.39 is 5.97 Å². The third kappa shape index (κ3) is 5.93. The molecule has 0 unspecified atom stereocenters. The number of carboxylic acid groups (broad SMARTS) is 1. The van der Waals surface area contributed by atoms with Crippen molar-refractivity contribution in [2.45, 2.75) is 38.5 Å². The molecule has 0 amide bonds. The predicted octanol–water partition coefficient (Wildman–Crippen LogP) is 7.01. The maximum Gasteiger partial charge on any atom is 0.303 e. The summed E-state index contributed by atoms with van der Waals surface area (Å²) in [6.07, 6.45) is 4.82. The van der Waals surface area contributed by atoms with Crippen LogP contribution in [0.2, 0.25) is 0 Å². The summed E-state index contributed by atoms with van der Waals surface area (Å²) in [4.78, 5) is 15.6. The predicted molar refractivity (Wildman–Crippen MR) is 135 cm³/mol. The average Bonchev–Trinajstić information content (AvgIpc) is 3.26. The number of imidazole rings is 1. The number of aromatic nitrogens is 2. The van der Waals surface area contributed by atoms with Crippen molar-refractivity contribution >= 4 is 5.97 Å². The highest BCUT2D eigenvalue weighted by atomic mass is 16.5. The molecule has 0 spiro atoms. The van der Waals surface area contributed by atoms with E-state index in [2.05, 4.69) is 41.0 Å². The maximum atomic E-state index is 10.6. The second-order valence-electron chi connectivity index (χ2n) is 8.25. The van der Waals surface area contributed by atoms with Crippen molar-refractivity contribution in [3.8, 4) is 34.2 Å². The number of carboxylic acids is 1. The van der Waals surface area contributed by atoms with Crippen LogP contribution in [0.25, 0.3) is 28.2 Å². The molecule has 0 aliphatic heterocycles. The summed E-state index contributed by atoms with van der Waals surface area (Å²) >= 11 is 0. The van der Waals surface area contributed by atoms with E-state index in [1.54, 1.807) is 0 Å². The molecular formula is C29H30N2O3. The highest BCUT2D eigenvalue weighted by Crippen LogP contribution is 2.37. The minimum absolute atomic E-state index is 0.246. The van der Waals surface area contributed by atoms with Crippen LogP contribution in [0.15, 0.2) is 91.0 Å². The molecular weight excluding hydrogens is 424 g/mol. The fourth-order valence-corrected chi connectivity index (χ4v) is 4.04. The van der Waals surface area contributed by atoms with Crippen molar-refractivity contribution in [2.24, 2.45) is 0 Å². The van der Waals surface area contributed by atoms with Crippen molar-refractivity contribution in [1.29, 1.82) is 0 Å². The second kappa shape index (κ2) is 11.8. The number of para-hydroxylation sites is 1. The summed E-state index contributed by atoms with van der Waals surface area (Å²) in [5, 5.41) is 8.76. The molecule has 0 radical (unpaired) electrons. The second-order valence-corrected chi connectivity index (χ2v) is 8.25. The van der Waals surface area contributed by atoms with Gasteiger partial charge in [-0.05, 0) is 25.0 Å². The van der Waals surface area contributed by atoms with Gasteiger partial charge in [0.25, 0.3) is 0 Å². The standard InChI is InChI=1S/C29H30N2O3/c32-26(33)21-13-2-1-3-14-22-34-29-30-27(23-15-7-4-8-16-23)28(24-17-9-5-10-18-24)31(29)25-19-11-6-12-20-25/h4-12,15-20H,1-3,13-14,21-22H2,(H,32,33). The monoisotopic (exact) mass is 454 g/mol. The summed E-state index contributed by atoms with van der Waals surface area (Å²) in [6.45, 7) is 0.561. The van der Waals surface area contributed by atoms with Crippen LogP contribution in [0, 0.1) is 0 Å². The number of carbonyl (C=O) groups is 1. The fraction of sp³-hybridized carbons (Fsp3) is 0.241. The van der Waals surface area contributed by atoms with Gasteiger partial charge >= 0.3 is 12.0 Å². The first-order valence-corrected chi connectivity index (χ1v) is 11.9. The van der Waals surface area contributed by atoms with Gasteiger partial charge in [-0.1, -0.05) is 98.1 Å². The molecule has 0 bridgehead atoms. The van der Waals surface area contributed by atoms with E-state index >= 15 is 0 Å². The van der Waals surface area contributed by atoms with E-state index in [-0.39, 0.29) is 6.42 Å². The highest BCUT2D eigenvalue weighted by Gasteiger charge is 2.22. The van der Waals surface area contributed by atoms with E-state index in [4.69, 9.17) is 14.8 Å². The van der Waals surface area contributed by atoms with Gasteiger partial charge < -0.3 is 9.84 Å². The normalized spacial score (nSPS) is 10.8. The van der Waals surface area contributed by atoms with Gasteiger partial charge in [0, 0.05) is 17.5 Å². The van der Waals surface area contributed by atoms with Crippen LogP contribution in [0.5, 0.6) is 6.01 Å². The molecule has 174 valence electrons. The Hall–Kier alpha value is -3.86. The summed E-state index contributed by atoms with van der Waals surface area (Å²) in [5.41, 5.74) is 5.01. The first-order chi connectivity index (χ1) is 16.7. The Bertz CT molecular complexity index is 1170. The largest absolute Gasteiger partial charge is 0.481 e. The van der Waals surface area contributed by atoms with Crippen molar-refractivity contribution in [1.82, 2.24) is 9.55 Å². The van der Waals surface area contributed by atoms with E-state index in [1.165, 1.54) is 0 Å². The molecule has 5 nitrogen and oxygen atoms in total. The summed E-state index contributed by atoms with van der Waals surface area (Å²) in [7, 11) is 0. The Balaban J connectivity index is 1.61. The first-order valence-electron chi connectivity index (χ1n) is 11.9. The quantitative estimate of drug-likeness (QED) is 0.234. The van der Waals surface area contributed by atoms with Crippen LogP contribution in [0.3, 0.4) is 0 Å². The number of unbranched alkanes of at least 4 members (excludes halogenated alkanes) is 4. The van der Waals surface area contributed by atoms with Crippen LogP contribution in [0.4, 0.5) is 0 Å². The summed E-state index contributed by atoms with van der Waals surface area (Å²) in [6, 6.07) is 31.3. The lowest BCUT2D eigenvalue weighted by Crippen LogP contribution is -2.05. The molecule has 4 aromatic rings. The molecule has 5 heteroatoms. The van der Waals surface area contributed by atoms with Gasteiger partial charge in [-0.15, -0.1) is 0 Å². The Morgan fingerprint density at radius 2 is 1.29 bits per heavy atom. The number of hydrogen-bond donors (Lipinski definition) is 1. The van der Waals surface area contributed by atoms with Gasteiger partial charge in [-0.25, -0.2) is 0 Å². The van der Waals surface area contributed by atoms with E-state index in [1.807, 2.05) is 54.6 Å². The molecule has 0 aliphatic rings. The van der Waals surface area contributed by atoms with Crippen molar-refractivity contribution < 1.29 is 14.6 Å². The first kappa shape index (κ1) is 23.3. The third-order valence-electron chi connectivity index (χ3n) is 5.72. The third-order valence-corrected chi connectivity index (χ3v) is 5.72. The molecule has 1 N–H and O–H groups in total. The molecule has 3 aromatic carbocycles. The van der Waals surface area contributed by atoms with E-state index in [0.717, 1.165) is 60.3 Å². The zero-order valence-electron chi connectivity index (χ0n) is 19.3. The van der Waals surface area contributed by atoms with Crippen LogP contribution in [-0.4, -0.2) is 27.2 Å². The number of ether oxygens (including phenoxy) is 1. The van der Waals surface area contributed by atoms with Gasteiger partial charge in [0.05, 0.1) is 18.0 Å². The Kier molecular flexibility index (Phi) is 8.12. The Morgan fingerprint density at radius 1 is 0.735 bits per heavy atom. The average molecular weight is 455 g/mol. The minimum atomic E-state index is -0.723. The zero-order valence-corrected chi connectivity index (χ0v) is 19.3. The number of rotatable bonds is 12. The van der Waals surface area contributed by atoms with E-state index in [9.17, 15) is 4.79 Å². The maximum absolute atomic E-state index is 10.6. The molecule has 0 saturated heterocycles. The van der Waals surface area contributed by atoms with Gasteiger partial charge in [0.1, 0.15) is 5.69 Å². The van der Waals surface area contributed by atoms with Gasteiger partial charge in [0.15, 0.2) is 0 Å². The zero-order chi connectivity index (χ0) is 23.6. The topological polar surface area (TPSA) is 64.3 Å². The van der Waals surface area contributed by atoms with Gasteiger partial charge in [-0.3, -0.25) is 9.36 Å². The Morgan fingerprint density at radius 3 is 1.94 bits per heavy atom. The molecule has 1 aromatic heterocycles. The van der Waals surface area contributed by atoms with E-state index in [0.29, 0.717) is 12.6 Å². The van der Waals surface area contributed by atoms with Gasteiger partial charge in [0.2, 0.25) is 0 Å². The molecule has 0 fully saturated rings. The summed E-state index contributed by atoms with van der Waals surface area (Å²) in [5.74, 6) is -0.723. The summed E-state index contributed by atoms with van der Waals surface area (Å²) < 4.78 is 8.36. The van der Waals surface area contributed by atoms with Crippen LogP contribution >= 0.6 is 0 Å². The molecule has 34 heavy (non-hydrogen) atoms. The van der Waals surface area contributed by atoms with Crippen molar-refractivity contribution in [3.63, 3.8) is 0 Å². The molecule has 4 rings (SSSR count). The Labute approximate surface area is 200 Å². The SMILES string of the molecule is O=C(O)CCCCCCCOc1nc(-c2ccccc2)c(-c2ccccc2)n1-c1ccccc1. The highest BCUT2D eigenvalue weighted by molar-refractivity contribution is 5.81. The number of benzene rings is 3. The molecule has 1 heterocycles. The lowest BCUT2D eigenvalue weighted by Gasteiger charge is -2.13. The number of hydrogen-bond acceptors (Lipinski definition) is 3. The van der Waals surface area contributed by atoms with Crippen LogP contribution in [-0.2, 0) is 4.79 Å². The smallest absolute Gasteiger partial charge is 0.303 e. The van der Waals surface area contributed by atoms with Crippen LogP contribution in [0.1, 0.15) is 38.5 Å². The lowest BCUT2D eigenvalue weighted by molar-refractivity contribution is -0.137. The molecule has 0 aliphatic carbocycles. The molecule has 0 atom stereocenters. The number of aliphatic carboxylic acids is 1. The fourth-order valence-electron chi connectivity index (χ4n) is 4.04. The van der Waals surface area contributed by atoms with Crippen molar-refractivity contribution in [3.05, 3.63) is 91.0 Å². The van der Waals surface area contributed by atoms with Crippen LogP contribution < -0.4 is 4.74 Å². The minimum Gasteiger partial charge on any atom is -0.481 e.